The molecule has 0 spiro atoms. The minimum Gasteiger partial charge on any atom is -0.508 e. The third-order valence-corrected chi connectivity index (χ3v) is 4.62. The van der Waals surface area contributed by atoms with E-state index >= 15 is 0 Å². The highest BCUT2D eigenvalue weighted by atomic mass is 79.9. The summed E-state index contributed by atoms with van der Waals surface area (Å²) < 4.78 is 12.2. The largest absolute Gasteiger partial charge is 0.508 e. The van der Waals surface area contributed by atoms with Gasteiger partial charge in [-0.05, 0) is 48.5 Å². The molecule has 0 aliphatic carbocycles. The molecule has 0 aliphatic heterocycles. The maximum absolute atomic E-state index is 12.4. The Labute approximate surface area is 180 Å². The zero-order valence-corrected chi connectivity index (χ0v) is 17.2. The molecule has 0 radical (unpaired) electrons. The van der Waals surface area contributed by atoms with Crippen LogP contribution in [0.1, 0.15) is 16.3 Å². The van der Waals surface area contributed by atoms with Gasteiger partial charge in [-0.2, -0.15) is 0 Å². The number of rotatable bonds is 6. The van der Waals surface area contributed by atoms with Crippen molar-refractivity contribution >= 4 is 27.5 Å². The number of hydrogen-bond acceptors (Lipinski definition) is 6. The summed E-state index contributed by atoms with van der Waals surface area (Å²) >= 11 is 3.37. The van der Waals surface area contributed by atoms with Crippen molar-refractivity contribution in [2.45, 2.75) is 6.61 Å². The quantitative estimate of drug-likeness (QED) is 0.414. The van der Waals surface area contributed by atoms with Crippen molar-refractivity contribution in [3.8, 4) is 22.9 Å². The first-order valence-electron chi connectivity index (χ1n) is 8.97. The van der Waals surface area contributed by atoms with Crippen LogP contribution in [-0.4, -0.2) is 21.0 Å². The van der Waals surface area contributed by atoms with Crippen molar-refractivity contribution in [1.29, 1.82) is 0 Å². The Morgan fingerprint density at radius 1 is 1.07 bits per heavy atom. The first-order valence-corrected chi connectivity index (χ1v) is 9.76. The van der Waals surface area contributed by atoms with E-state index in [1.54, 1.807) is 36.4 Å². The topological polar surface area (TPSA) is 97.5 Å². The van der Waals surface area contributed by atoms with E-state index in [1.807, 2.05) is 24.3 Å². The fourth-order valence-corrected chi connectivity index (χ4v) is 2.91. The van der Waals surface area contributed by atoms with Crippen LogP contribution in [0.4, 0.5) is 5.69 Å². The predicted molar refractivity (Wildman–Crippen MR) is 114 cm³/mol. The Morgan fingerprint density at radius 2 is 1.83 bits per heavy atom. The van der Waals surface area contributed by atoms with Gasteiger partial charge in [0.2, 0.25) is 0 Å². The highest BCUT2D eigenvalue weighted by Crippen LogP contribution is 2.21. The smallest absolute Gasteiger partial charge is 0.291 e. The number of aromatic nitrogens is 2. The molecule has 2 heterocycles. The Hall–Kier alpha value is -3.65. The molecule has 2 aromatic heterocycles. The van der Waals surface area contributed by atoms with Crippen LogP contribution in [0.15, 0.2) is 81.9 Å². The third-order valence-electron chi connectivity index (χ3n) is 4.09. The van der Waals surface area contributed by atoms with Crippen LogP contribution in [0.25, 0.3) is 11.4 Å². The molecule has 0 bridgehead atoms. The third kappa shape index (κ3) is 4.84. The number of phenols is 1. The monoisotopic (exact) mass is 465 g/mol. The van der Waals surface area contributed by atoms with Gasteiger partial charge in [0.15, 0.2) is 11.6 Å². The summed E-state index contributed by atoms with van der Waals surface area (Å²) in [5.74, 6) is 1.53. The van der Waals surface area contributed by atoms with Crippen LogP contribution >= 0.6 is 15.9 Å². The molecule has 4 aromatic rings. The van der Waals surface area contributed by atoms with Crippen molar-refractivity contribution in [1.82, 2.24) is 9.97 Å². The van der Waals surface area contributed by atoms with Gasteiger partial charge in [0, 0.05) is 10.0 Å². The lowest BCUT2D eigenvalue weighted by Gasteiger charge is -2.05. The summed E-state index contributed by atoms with van der Waals surface area (Å²) in [6.07, 6.45) is 2.98. The second-order valence-electron chi connectivity index (χ2n) is 6.31. The number of ether oxygens (including phenoxy) is 1. The summed E-state index contributed by atoms with van der Waals surface area (Å²) in [6.45, 7) is 0.205. The predicted octanol–water partition coefficient (Wildman–Crippen LogP) is 5.04. The molecule has 150 valence electrons. The first kappa shape index (κ1) is 19.7. The standard InChI is InChI=1S/C22H16BrN3O4/c23-15-4-6-18(7-5-15)29-13-19-8-9-20(30-19)22(28)26-16-11-24-21(25-12-16)14-2-1-3-17(27)10-14/h1-12,27H,13H2,(H,26,28). The number of phenolic OH excluding ortho intramolecular Hbond substituents is 1. The average Bonchev–Trinajstić information content (AvgIpc) is 3.23. The fraction of sp³-hybridized carbons (Fsp3) is 0.0455. The number of carbonyl (C=O) groups excluding carboxylic acids is 1. The molecule has 0 saturated heterocycles. The van der Waals surface area contributed by atoms with Gasteiger partial charge in [0.05, 0.1) is 18.1 Å². The molecule has 4 rings (SSSR count). The Morgan fingerprint density at radius 3 is 2.57 bits per heavy atom. The van der Waals surface area contributed by atoms with E-state index in [4.69, 9.17) is 9.15 Å². The summed E-state index contributed by atoms with van der Waals surface area (Å²) in [7, 11) is 0. The van der Waals surface area contributed by atoms with E-state index in [-0.39, 0.29) is 18.1 Å². The van der Waals surface area contributed by atoms with Gasteiger partial charge in [-0.3, -0.25) is 4.79 Å². The molecule has 0 aliphatic rings. The van der Waals surface area contributed by atoms with Crippen molar-refractivity contribution in [3.05, 3.63) is 89.1 Å². The summed E-state index contributed by atoms with van der Waals surface area (Å²) in [6, 6.07) is 17.3. The number of aromatic hydroxyl groups is 1. The van der Waals surface area contributed by atoms with E-state index in [9.17, 15) is 9.90 Å². The number of halogens is 1. The zero-order valence-electron chi connectivity index (χ0n) is 15.6. The number of benzene rings is 2. The molecule has 0 atom stereocenters. The first-order chi connectivity index (χ1) is 14.6. The molecule has 8 heteroatoms. The summed E-state index contributed by atoms with van der Waals surface area (Å²) in [4.78, 5) is 20.8. The molecule has 0 fully saturated rings. The Balaban J connectivity index is 1.36. The van der Waals surface area contributed by atoms with Crippen LogP contribution in [0.2, 0.25) is 0 Å². The van der Waals surface area contributed by atoms with E-state index in [2.05, 4.69) is 31.2 Å². The maximum atomic E-state index is 12.4. The lowest BCUT2D eigenvalue weighted by atomic mass is 10.2. The van der Waals surface area contributed by atoms with E-state index in [1.165, 1.54) is 12.4 Å². The molecule has 0 unspecified atom stereocenters. The molecule has 7 nitrogen and oxygen atoms in total. The fourth-order valence-electron chi connectivity index (χ4n) is 2.64. The Kier molecular flexibility index (Phi) is 5.76. The van der Waals surface area contributed by atoms with Crippen LogP contribution in [0.5, 0.6) is 11.5 Å². The van der Waals surface area contributed by atoms with E-state index < -0.39 is 5.91 Å². The number of nitrogens with zero attached hydrogens (tertiary/aromatic N) is 2. The van der Waals surface area contributed by atoms with Gasteiger partial charge in [0.25, 0.3) is 5.91 Å². The normalized spacial score (nSPS) is 10.6. The maximum Gasteiger partial charge on any atom is 0.291 e. The van der Waals surface area contributed by atoms with Crippen LogP contribution in [-0.2, 0) is 6.61 Å². The molecule has 2 N–H and O–H groups in total. The van der Waals surface area contributed by atoms with Crippen molar-refractivity contribution in [2.24, 2.45) is 0 Å². The van der Waals surface area contributed by atoms with Gasteiger partial charge in [-0.15, -0.1) is 0 Å². The van der Waals surface area contributed by atoms with Gasteiger partial charge < -0.3 is 19.6 Å². The molecular formula is C22H16BrN3O4. The van der Waals surface area contributed by atoms with Crippen LogP contribution in [0.3, 0.4) is 0 Å². The SMILES string of the molecule is O=C(Nc1cnc(-c2cccc(O)c2)nc1)c1ccc(COc2ccc(Br)cc2)o1. The highest BCUT2D eigenvalue weighted by molar-refractivity contribution is 9.10. The van der Waals surface area contributed by atoms with E-state index in [0.717, 1.165) is 4.47 Å². The molecule has 30 heavy (non-hydrogen) atoms. The summed E-state index contributed by atoms with van der Waals surface area (Å²) in [5, 5.41) is 12.2. The zero-order chi connectivity index (χ0) is 20.9. The van der Waals surface area contributed by atoms with E-state index in [0.29, 0.717) is 28.6 Å². The number of anilines is 1. The lowest BCUT2D eigenvalue weighted by molar-refractivity contribution is 0.0992. The number of nitrogens with one attached hydrogen (secondary N) is 1. The van der Waals surface area contributed by atoms with Gasteiger partial charge in [0.1, 0.15) is 23.9 Å². The van der Waals surface area contributed by atoms with Gasteiger partial charge >= 0.3 is 0 Å². The van der Waals surface area contributed by atoms with Crippen molar-refractivity contribution in [2.75, 3.05) is 5.32 Å². The molecule has 2 aromatic carbocycles. The van der Waals surface area contributed by atoms with Crippen LogP contribution in [0, 0.1) is 0 Å². The molecule has 1 amide bonds. The number of amides is 1. The summed E-state index contributed by atoms with van der Waals surface area (Å²) in [5.41, 5.74) is 1.10. The Bertz CT molecular complexity index is 1160. The van der Waals surface area contributed by atoms with Crippen molar-refractivity contribution < 1.29 is 19.1 Å². The number of hydrogen-bond donors (Lipinski definition) is 2. The second kappa shape index (κ2) is 8.79. The number of carbonyl (C=O) groups is 1. The lowest BCUT2D eigenvalue weighted by Crippen LogP contribution is -2.11. The molecular weight excluding hydrogens is 450 g/mol. The van der Waals surface area contributed by atoms with Crippen LogP contribution < -0.4 is 10.1 Å². The van der Waals surface area contributed by atoms with Crippen molar-refractivity contribution in [3.63, 3.8) is 0 Å². The highest BCUT2D eigenvalue weighted by Gasteiger charge is 2.13. The second-order valence-corrected chi connectivity index (χ2v) is 7.22. The van der Waals surface area contributed by atoms with Gasteiger partial charge in [-0.25, -0.2) is 9.97 Å². The minimum absolute atomic E-state index is 0.131. The molecule has 0 saturated carbocycles. The number of furan rings is 1. The van der Waals surface area contributed by atoms with Gasteiger partial charge in [-0.1, -0.05) is 28.1 Å². The minimum atomic E-state index is -0.418. The average molecular weight is 466 g/mol.